The maximum atomic E-state index is 12.1. The van der Waals surface area contributed by atoms with Gasteiger partial charge in [-0.3, -0.25) is 14.7 Å². The van der Waals surface area contributed by atoms with E-state index in [9.17, 15) is 31.1 Å². The van der Waals surface area contributed by atoms with Crippen LogP contribution in [0, 0.1) is 5.92 Å². The number of halogens is 6. The number of likely N-dealkylation sites (tertiary alicyclic amines) is 1. The van der Waals surface area contributed by atoms with E-state index in [1.54, 1.807) is 11.3 Å². The van der Waals surface area contributed by atoms with Crippen molar-refractivity contribution in [2.24, 2.45) is 5.92 Å². The Hall–Kier alpha value is -3.24. The number of amides is 1. The highest BCUT2D eigenvalue weighted by molar-refractivity contribution is 7.09. The maximum Gasteiger partial charge on any atom is 0.490 e. The zero-order valence-corrected chi connectivity index (χ0v) is 20.9. The fourth-order valence-electron chi connectivity index (χ4n) is 3.81. The largest absolute Gasteiger partial charge is 0.490 e. The second kappa shape index (κ2) is 14.2. The molecule has 216 valence electrons. The van der Waals surface area contributed by atoms with Crippen LogP contribution in [0.3, 0.4) is 0 Å². The monoisotopic (exact) mass is 585 g/mol. The van der Waals surface area contributed by atoms with E-state index in [4.69, 9.17) is 24.5 Å². The lowest BCUT2D eigenvalue weighted by Crippen LogP contribution is -2.29. The van der Waals surface area contributed by atoms with E-state index in [0.717, 1.165) is 31.7 Å². The fourth-order valence-corrected chi connectivity index (χ4v) is 4.45. The summed E-state index contributed by atoms with van der Waals surface area (Å²) in [6, 6.07) is 10.1. The van der Waals surface area contributed by atoms with E-state index < -0.39 is 24.3 Å². The molecule has 1 amide bonds. The summed E-state index contributed by atoms with van der Waals surface area (Å²) in [6.45, 7) is 3.47. The molecule has 2 aliphatic rings. The van der Waals surface area contributed by atoms with Crippen LogP contribution in [0.2, 0.25) is 0 Å². The summed E-state index contributed by atoms with van der Waals surface area (Å²) < 4.78 is 69.6. The number of alkyl halides is 6. The molecule has 16 heteroatoms. The number of carbonyl (C=O) groups is 3. The number of rotatable bonds is 6. The predicted octanol–water partition coefficient (Wildman–Crippen LogP) is 3.71. The number of carboxylic acids is 2. The van der Waals surface area contributed by atoms with Crippen LogP contribution in [0.4, 0.5) is 26.3 Å². The van der Waals surface area contributed by atoms with Gasteiger partial charge in [-0.2, -0.15) is 26.3 Å². The van der Waals surface area contributed by atoms with Gasteiger partial charge in [-0.05, 0) is 30.0 Å². The molecule has 2 fully saturated rings. The van der Waals surface area contributed by atoms with Gasteiger partial charge in [0.15, 0.2) is 0 Å². The van der Waals surface area contributed by atoms with E-state index >= 15 is 0 Å². The molecule has 0 unspecified atom stereocenters. The third-order valence-electron chi connectivity index (χ3n) is 5.44. The van der Waals surface area contributed by atoms with Crippen LogP contribution in [0.25, 0.3) is 0 Å². The van der Waals surface area contributed by atoms with Crippen molar-refractivity contribution >= 4 is 29.2 Å². The van der Waals surface area contributed by atoms with Crippen LogP contribution < -0.4 is 5.32 Å². The Bertz CT molecular complexity index is 1030. The molecule has 0 aromatic carbocycles. The van der Waals surface area contributed by atoms with Gasteiger partial charge < -0.3 is 20.3 Å². The van der Waals surface area contributed by atoms with Gasteiger partial charge in [-0.1, -0.05) is 12.1 Å². The Kier molecular flexibility index (Phi) is 11.7. The lowest BCUT2D eigenvalue weighted by atomic mass is 10.0. The first-order valence-corrected chi connectivity index (χ1v) is 12.2. The van der Waals surface area contributed by atoms with Gasteiger partial charge in [-0.25, -0.2) is 9.59 Å². The Morgan fingerprint density at radius 3 is 2.15 bits per heavy atom. The standard InChI is InChI=1S/C19H23N3O2S.2C2HF3O2/c23-19(21-10-17-5-3-7-25-17)9-16-8-14-11-22(13-18(14)24-16)12-15-4-1-2-6-20-15;2*3-2(4,5)1(6)7/h1-7,14,16,18H,8-13H2,(H,21,23);2*(H,6,7)/t14-,16-,18+;;/m0../s1. The minimum absolute atomic E-state index is 0.0651. The minimum Gasteiger partial charge on any atom is -0.475 e. The Balaban J connectivity index is 0.000000317. The molecule has 0 spiro atoms. The average molecular weight is 586 g/mol. The Morgan fingerprint density at radius 2 is 1.67 bits per heavy atom. The molecule has 2 aliphatic heterocycles. The molecule has 9 nitrogen and oxygen atoms in total. The number of thiophene rings is 1. The number of pyridine rings is 1. The van der Waals surface area contributed by atoms with Gasteiger partial charge >= 0.3 is 24.3 Å². The lowest BCUT2D eigenvalue weighted by molar-refractivity contribution is -0.193. The first-order valence-electron chi connectivity index (χ1n) is 11.3. The van der Waals surface area contributed by atoms with Crippen molar-refractivity contribution in [3.8, 4) is 0 Å². The number of carboxylic acid groups (broad SMARTS) is 2. The first-order chi connectivity index (χ1) is 18.1. The SMILES string of the molecule is O=C(C[C@@H]1C[C@H]2CN(Cc3ccccn3)C[C@H]2O1)NCc1cccs1.O=C(O)C(F)(F)F.O=C(O)C(F)(F)F. The molecule has 4 rings (SSSR count). The topological polar surface area (TPSA) is 129 Å². The number of carbonyl (C=O) groups excluding carboxylic acids is 1. The fraction of sp³-hybridized carbons (Fsp3) is 0.478. The minimum atomic E-state index is -5.08. The summed E-state index contributed by atoms with van der Waals surface area (Å²) in [4.78, 5) is 37.9. The maximum absolute atomic E-state index is 12.1. The van der Waals surface area contributed by atoms with Gasteiger partial charge in [0.1, 0.15) is 0 Å². The quantitative estimate of drug-likeness (QED) is 0.438. The summed E-state index contributed by atoms with van der Waals surface area (Å²) in [5, 5.41) is 19.3. The van der Waals surface area contributed by atoms with Crippen molar-refractivity contribution < 1.29 is 55.7 Å². The summed E-state index contributed by atoms with van der Waals surface area (Å²) in [5.74, 6) is -4.89. The molecule has 39 heavy (non-hydrogen) atoms. The van der Waals surface area contributed by atoms with Crippen molar-refractivity contribution in [2.75, 3.05) is 13.1 Å². The van der Waals surface area contributed by atoms with Crippen molar-refractivity contribution in [3.05, 3.63) is 52.5 Å². The van der Waals surface area contributed by atoms with Gasteiger partial charge in [0.05, 0.1) is 30.9 Å². The number of fused-ring (bicyclic) bond motifs is 1. The van der Waals surface area contributed by atoms with Crippen molar-refractivity contribution in [2.45, 2.75) is 50.5 Å². The number of hydrogen-bond acceptors (Lipinski definition) is 7. The molecule has 3 N–H and O–H groups in total. The second-order valence-corrected chi connectivity index (χ2v) is 9.51. The van der Waals surface area contributed by atoms with Gasteiger partial charge in [0.2, 0.25) is 5.91 Å². The summed E-state index contributed by atoms with van der Waals surface area (Å²) in [6.07, 6.45) is -6.55. The number of aromatic nitrogens is 1. The normalized spacial score (nSPS) is 20.6. The van der Waals surface area contributed by atoms with Gasteiger partial charge in [-0.15, -0.1) is 11.3 Å². The van der Waals surface area contributed by atoms with Crippen LogP contribution in [0.5, 0.6) is 0 Å². The second-order valence-electron chi connectivity index (χ2n) is 8.47. The van der Waals surface area contributed by atoms with E-state index in [1.165, 1.54) is 4.88 Å². The van der Waals surface area contributed by atoms with E-state index in [2.05, 4.69) is 21.3 Å². The third-order valence-corrected chi connectivity index (χ3v) is 6.32. The van der Waals surface area contributed by atoms with Crippen LogP contribution in [0.1, 0.15) is 23.4 Å². The average Bonchev–Trinajstić information content (AvgIpc) is 3.55. The van der Waals surface area contributed by atoms with Crippen LogP contribution >= 0.6 is 11.3 Å². The highest BCUT2D eigenvalue weighted by Gasteiger charge is 2.42. The zero-order chi connectivity index (χ0) is 29.2. The molecule has 4 heterocycles. The van der Waals surface area contributed by atoms with Gasteiger partial charge in [0.25, 0.3) is 0 Å². The predicted molar refractivity (Wildman–Crippen MR) is 124 cm³/mol. The number of ether oxygens (including phenoxy) is 1. The molecule has 2 aromatic heterocycles. The molecule has 0 bridgehead atoms. The number of nitrogens with zero attached hydrogens (tertiary/aromatic N) is 2. The zero-order valence-electron chi connectivity index (χ0n) is 20.1. The summed E-state index contributed by atoms with van der Waals surface area (Å²) in [7, 11) is 0. The molecular weight excluding hydrogens is 560 g/mol. The lowest BCUT2D eigenvalue weighted by Gasteiger charge is -2.18. The van der Waals surface area contributed by atoms with E-state index in [1.807, 2.05) is 35.8 Å². The van der Waals surface area contributed by atoms with Crippen molar-refractivity contribution in [1.29, 1.82) is 0 Å². The first kappa shape index (κ1) is 32.0. The van der Waals surface area contributed by atoms with Crippen molar-refractivity contribution in [1.82, 2.24) is 15.2 Å². The van der Waals surface area contributed by atoms with Crippen LogP contribution in [-0.4, -0.2) is 75.6 Å². The van der Waals surface area contributed by atoms with Crippen LogP contribution in [-0.2, 0) is 32.2 Å². The highest BCUT2D eigenvalue weighted by atomic mass is 32.1. The molecule has 0 radical (unpaired) electrons. The van der Waals surface area contributed by atoms with Crippen molar-refractivity contribution in [3.63, 3.8) is 0 Å². The number of nitrogens with one attached hydrogen (secondary N) is 1. The highest BCUT2D eigenvalue weighted by Crippen LogP contribution is 2.34. The summed E-state index contributed by atoms with van der Waals surface area (Å²) in [5.41, 5.74) is 1.10. The van der Waals surface area contributed by atoms with Gasteiger partial charge in [0, 0.05) is 36.6 Å². The molecular formula is C23H25F6N3O6S. The molecule has 0 saturated carbocycles. The van der Waals surface area contributed by atoms with Crippen LogP contribution in [0.15, 0.2) is 41.9 Å². The van der Waals surface area contributed by atoms with E-state index in [-0.39, 0.29) is 18.1 Å². The Labute approximate surface area is 222 Å². The third kappa shape index (κ3) is 11.6. The molecule has 3 atom stereocenters. The number of hydrogen-bond donors (Lipinski definition) is 3. The molecule has 2 aromatic rings. The van der Waals surface area contributed by atoms with E-state index in [0.29, 0.717) is 18.9 Å². The summed E-state index contributed by atoms with van der Waals surface area (Å²) >= 11 is 1.67. The molecule has 0 aliphatic carbocycles. The number of aliphatic carboxylic acids is 2. The molecule has 2 saturated heterocycles. The Morgan fingerprint density at radius 1 is 1.03 bits per heavy atom. The smallest absolute Gasteiger partial charge is 0.475 e.